The predicted octanol–water partition coefficient (Wildman–Crippen LogP) is 2.08. The van der Waals surface area contributed by atoms with Gasteiger partial charge in [0.15, 0.2) is 0 Å². The quantitative estimate of drug-likeness (QED) is 0.668. The Balaban J connectivity index is 2.45. The van der Waals surface area contributed by atoms with E-state index in [-0.39, 0.29) is 0 Å². The van der Waals surface area contributed by atoms with Crippen LogP contribution in [0.3, 0.4) is 0 Å². The van der Waals surface area contributed by atoms with Gasteiger partial charge < -0.3 is 5.11 Å². The molecule has 0 heterocycles. The third-order valence-corrected chi connectivity index (χ3v) is 2.94. The molecular formula is C13H10FNO4. The molecule has 0 radical (unpaired) electrons. The van der Waals surface area contributed by atoms with Gasteiger partial charge in [-0.05, 0) is 17.2 Å². The first-order valence-corrected chi connectivity index (χ1v) is 5.47. The van der Waals surface area contributed by atoms with Crippen molar-refractivity contribution in [1.29, 1.82) is 0 Å². The van der Waals surface area contributed by atoms with E-state index in [0.717, 1.165) is 12.2 Å². The number of alkyl halides is 1. The molecule has 19 heavy (non-hydrogen) atoms. The highest BCUT2D eigenvalue weighted by atomic mass is 19.1. The summed E-state index contributed by atoms with van der Waals surface area (Å²) in [7, 11) is 0. The predicted molar refractivity (Wildman–Crippen MR) is 65.8 cm³/mol. The van der Waals surface area contributed by atoms with Crippen molar-refractivity contribution in [3.05, 3.63) is 64.2 Å². The summed E-state index contributed by atoms with van der Waals surface area (Å²) in [4.78, 5) is 20.8. The van der Waals surface area contributed by atoms with Crippen molar-refractivity contribution in [1.82, 2.24) is 0 Å². The molecular weight excluding hydrogens is 253 g/mol. The van der Waals surface area contributed by atoms with E-state index >= 15 is 0 Å². The third kappa shape index (κ3) is 2.24. The van der Waals surface area contributed by atoms with Crippen LogP contribution in [0.5, 0.6) is 0 Å². The highest BCUT2D eigenvalue weighted by Gasteiger charge is 2.53. The van der Waals surface area contributed by atoms with Crippen molar-refractivity contribution in [2.24, 2.45) is 0 Å². The van der Waals surface area contributed by atoms with Crippen LogP contribution in [0.2, 0.25) is 0 Å². The second-order valence-electron chi connectivity index (χ2n) is 4.12. The van der Waals surface area contributed by atoms with E-state index in [0.29, 0.717) is 11.1 Å². The van der Waals surface area contributed by atoms with Gasteiger partial charge in [-0.3, -0.25) is 10.1 Å². The van der Waals surface area contributed by atoms with Gasteiger partial charge in [-0.2, -0.15) is 0 Å². The van der Waals surface area contributed by atoms with Crippen molar-refractivity contribution in [2.75, 3.05) is 0 Å². The summed E-state index contributed by atoms with van der Waals surface area (Å²) < 4.78 is 14.1. The molecule has 0 bridgehead atoms. The van der Waals surface area contributed by atoms with E-state index in [4.69, 9.17) is 5.11 Å². The fourth-order valence-corrected chi connectivity index (χ4v) is 1.89. The van der Waals surface area contributed by atoms with Crippen LogP contribution in [0.4, 0.5) is 4.39 Å². The number of hydrogen-bond donors (Lipinski definition) is 1. The number of allylic oxidation sites excluding steroid dienone is 2. The molecule has 0 saturated carbocycles. The Morgan fingerprint density at radius 1 is 1.37 bits per heavy atom. The van der Waals surface area contributed by atoms with Gasteiger partial charge in [0.05, 0.1) is 0 Å². The number of carboxylic acid groups (broad SMARTS) is 1. The van der Waals surface area contributed by atoms with Crippen molar-refractivity contribution < 1.29 is 19.2 Å². The number of carboxylic acids is 1. The Morgan fingerprint density at radius 3 is 2.53 bits per heavy atom. The first-order chi connectivity index (χ1) is 8.95. The van der Waals surface area contributed by atoms with E-state index in [9.17, 15) is 19.3 Å². The molecule has 2 unspecified atom stereocenters. The lowest BCUT2D eigenvalue weighted by Gasteiger charge is -2.22. The van der Waals surface area contributed by atoms with Gasteiger partial charge in [0.25, 0.3) is 11.7 Å². The molecule has 0 amide bonds. The molecule has 5 nitrogen and oxygen atoms in total. The first kappa shape index (κ1) is 12.9. The fraction of sp³-hybridized carbons (Fsp3) is 0.154. The summed E-state index contributed by atoms with van der Waals surface area (Å²) in [5.74, 6) is -1.87. The van der Waals surface area contributed by atoms with Gasteiger partial charge in [0.2, 0.25) is 0 Å². The number of benzene rings is 1. The maximum atomic E-state index is 14.1. The fourth-order valence-electron chi connectivity index (χ4n) is 1.89. The Kier molecular flexibility index (Phi) is 3.16. The van der Waals surface area contributed by atoms with Gasteiger partial charge in [0, 0.05) is 11.0 Å². The molecule has 1 aromatic rings. The summed E-state index contributed by atoms with van der Waals surface area (Å²) in [6.45, 7) is 0. The smallest absolute Gasteiger partial charge is 0.353 e. The van der Waals surface area contributed by atoms with Crippen LogP contribution < -0.4 is 0 Å². The summed E-state index contributed by atoms with van der Waals surface area (Å²) in [6.07, 6.45) is 3.01. The molecule has 1 aliphatic carbocycles. The molecule has 6 heteroatoms. The van der Waals surface area contributed by atoms with Crippen LogP contribution in [-0.2, 0) is 4.79 Å². The summed E-state index contributed by atoms with van der Waals surface area (Å²) in [5, 5.41) is 19.7. The van der Waals surface area contributed by atoms with E-state index in [1.807, 2.05) is 0 Å². The van der Waals surface area contributed by atoms with Crippen molar-refractivity contribution in [2.45, 2.75) is 11.7 Å². The molecule has 0 saturated heterocycles. The van der Waals surface area contributed by atoms with Gasteiger partial charge >= 0.3 is 5.97 Å². The number of halogens is 1. The Hall–Kier alpha value is -2.50. The van der Waals surface area contributed by atoms with Gasteiger partial charge in [-0.1, -0.05) is 36.4 Å². The minimum absolute atomic E-state index is 0.428. The minimum atomic E-state index is -3.01. The molecule has 1 aromatic carbocycles. The van der Waals surface area contributed by atoms with Crippen molar-refractivity contribution >= 4 is 11.5 Å². The van der Waals surface area contributed by atoms with Gasteiger partial charge in [-0.25, -0.2) is 9.18 Å². The number of carbonyl (C=O) groups is 1. The molecule has 2 atom stereocenters. The molecule has 0 spiro atoms. The molecule has 2 rings (SSSR count). The highest BCUT2D eigenvalue weighted by Crippen LogP contribution is 2.31. The lowest BCUT2D eigenvalue weighted by atomic mass is 9.87. The first-order valence-electron chi connectivity index (χ1n) is 5.47. The SMILES string of the molecule is O=C(O)C1(F)C=CC(c2ccccc2)=CC1[N+](=O)[O-]. The number of hydrogen-bond acceptors (Lipinski definition) is 3. The second-order valence-corrected chi connectivity index (χ2v) is 4.12. The second kappa shape index (κ2) is 4.64. The standard InChI is InChI=1S/C13H10FNO4/c14-13(12(16)17)7-6-10(8-11(13)15(18)19)9-4-2-1-3-5-9/h1-8,11H,(H,16,17). The average Bonchev–Trinajstić information content (AvgIpc) is 2.39. The van der Waals surface area contributed by atoms with E-state index in [1.54, 1.807) is 30.3 Å². The van der Waals surface area contributed by atoms with Gasteiger partial charge in [-0.15, -0.1) is 0 Å². The lowest BCUT2D eigenvalue weighted by molar-refractivity contribution is -0.521. The molecule has 0 fully saturated rings. The van der Waals surface area contributed by atoms with Crippen LogP contribution in [0.15, 0.2) is 48.6 Å². The van der Waals surface area contributed by atoms with Crippen LogP contribution in [0, 0.1) is 10.1 Å². The molecule has 1 N–H and O–H groups in total. The Morgan fingerprint density at radius 2 is 2.00 bits per heavy atom. The Labute approximate surface area is 107 Å². The van der Waals surface area contributed by atoms with E-state index in [2.05, 4.69) is 0 Å². The monoisotopic (exact) mass is 263 g/mol. The van der Waals surface area contributed by atoms with Crippen molar-refractivity contribution in [3.63, 3.8) is 0 Å². The molecule has 98 valence electrons. The van der Waals surface area contributed by atoms with E-state index < -0.39 is 22.6 Å². The Bertz CT molecular complexity index is 582. The van der Waals surface area contributed by atoms with Crippen LogP contribution >= 0.6 is 0 Å². The minimum Gasteiger partial charge on any atom is -0.478 e. The normalized spacial score (nSPS) is 25.7. The topological polar surface area (TPSA) is 80.4 Å². The molecule has 1 aliphatic rings. The van der Waals surface area contributed by atoms with Crippen molar-refractivity contribution in [3.8, 4) is 0 Å². The molecule has 0 aromatic heterocycles. The van der Waals surface area contributed by atoms with Crippen LogP contribution in [0.25, 0.3) is 5.57 Å². The maximum Gasteiger partial charge on any atom is 0.353 e. The zero-order valence-corrected chi connectivity index (χ0v) is 9.69. The zero-order chi connectivity index (χ0) is 14.0. The number of nitro groups is 1. The van der Waals surface area contributed by atoms with Crippen LogP contribution in [0.1, 0.15) is 5.56 Å². The summed E-state index contributed by atoms with van der Waals surface area (Å²) >= 11 is 0. The number of aliphatic carboxylic acids is 1. The largest absolute Gasteiger partial charge is 0.478 e. The highest BCUT2D eigenvalue weighted by molar-refractivity contribution is 5.86. The lowest BCUT2D eigenvalue weighted by Crippen LogP contribution is -2.48. The van der Waals surface area contributed by atoms with E-state index in [1.165, 1.54) is 6.08 Å². The number of rotatable bonds is 3. The van der Waals surface area contributed by atoms with Gasteiger partial charge in [0.1, 0.15) is 0 Å². The maximum absolute atomic E-state index is 14.1. The third-order valence-electron chi connectivity index (χ3n) is 2.94. The average molecular weight is 263 g/mol. The van der Waals surface area contributed by atoms with Crippen LogP contribution in [-0.4, -0.2) is 27.7 Å². The zero-order valence-electron chi connectivity index (χ0n) is 9.69. The molecule has 0 aliphatic heterocycles. The summed E-state index contributed by atoms with van der Waals surface area (Å²) in [6, 6.07) is 6.72. The number of nitrogens with zero attached hydrogens (tertiary/aromatic N) is 1. The summed E-state index contributed by atoms with van der Waals surface area (Å²) in [5.41, 5.74) is -1.92.